The van der Waals surface area contributed by atoms with E-state index in [0.29, 0.717) is 11.3 Å². The van der Waals surface area contributed by atoms with Gasteiger partial charge in [-0.1, -0.05) is 60.5 Å². The molecule has 0 radical (unpaired) electrons. The van der Waals surface area contributed by atoms with Gasteiger partial charge in [-0.2, -0.15) is 0 Å². The van der Waals surface area contributed by atoms with Crippen LogP contribution in [0.3, 0.4) is 0 Å². The van der Waals surface area contributed by atoms with Gasteiger partial charge in [0.05, 0.1) is 12.7 Å². The summed E-state index contributed by atoms with van der Waals surface area (Å²) >= 11 is 0. The van der Waals surface area contributed by atoms with E-state index < -0.39 is 37.3 Å². The SMILES string of the molecule is CC[C@H](CC[C@H](C)[C@H]1CC[C@H]2[C@@H]3CC=C4[C@@H](O[C@@H]5O[C@H](CO)[C@@H](O)[C@H](O)[C@H]5O)CCC[C@]4(C)[C@H]3CC[C@]12C)C(C)C. The van der Waals surface area contributed by atoms with Gasteiger partial charge >= 0.3 is 0 Å². The fraction of sp³-hybridized carbons (Fsp3) is 0.943. The Morgan fingerprint density at radius 2 is 1.71 bits per heavy atom. The Morgan fingerprint density at radius 3 is 2.39 bits per heavy atom. The van der Waals surface area contributed by atoms with Crippen LogP contribution in [0.15, 0.2) is 11.6 Å². The molecule has 4 fully saturated rings. The van der Waals surface area contributed by atoms with E-state index in [9.17, 15) is 20.4 Å². The lowest BCUT2D eigenvalue weighted by Crippen LogP contribution is -2.60. The van der Waals surface area contributed by atoms with Crippen molar-refractivity contribution in [2.75, 3.05) is 6.61 Å². The standard InChI is InChI=1S/C35H60O6/c1-7-22(20(2)3)11-10-21(4)24-14-15-25-23-12-13-27-28(40-33-32(39)31(38)30(37)29(19-36)41-33)9-8-17-34(27,5)26(23)16-18-35(24,25)6/h13,20-26,28-33,36-39H,7-12,14-19H2,1-6H3/t21-,22+,23-,24+,25-,26-,28-,29+,30+,31-,32+,33+,34+,35+/m0/s1. The summed E-state index contributed by atoms with van der Waals surface area (Å²) in [4.78, 5) is 0. The van der Waals surface area contributed by atoms with Crippen LogP contribution in [0.25, 0.3) is 0 Å². The summed E-state index contributed by atoms with van der Waals surface area (Å²) in [5.41, 5.74) is 1.88. The summed E-state index contributed by atoms with van der Waals surface area (Å²) in [6.45, 7) is 14.4. The monoisotopic (exact) mass is 576 g/mol. The summed E-state index contributed by atoms with van der Waals surface area (Å²) in [5, 5.41) is 40.8. The lowest BCUT2D eigenvalue weighted by Gasteiger charge is -2.59. The van der Waals surface area contributed by atoms with E-state index in [-0.39, 0.29) is 11.5 Å². The average Bonchev–Trinajstić information content (AvgIpc) is 3.30. The van der Waals surface area contributed by atoms with Gasteiger partial charge in [0, 0.05) is 0 Å². The molecule has 236 valence electrons. The first-order valence-electron chi connectivity index (χ1n) is 17.1. The summed E-state index contributed by atoms with van der Waals surface area (Å²) < 4.78 is 12.2. The fourth-order valence-corrected chi connectivity index (χ4v) is 10.9. The number of ether oxygens (including phenoxy) is 2. The van der Waals surface area contributed by atoms with Gasteiger partial charge < -0.3 is 29.9 Å². The first kappa shape index (κ1) is 31.9. The van der Waals surface area contributed by atoms with Crippen molar-refractivity contribution in [2.24, 2.45) is 52.3 Å². The van der Waals surface area contributed by atoms with E-state index >= 15 is 0 Å². The van der Waals surface area contributed by atoms with Gasteiger partial charge in [-0.3, -0.25) is 0 Å². The van der Waals surface area contributed by atoms with Crippen molar-refractivity contribution in [1.82, 2.24) is 0 Å². The molecule has 0 spiro atoms. The lowest BCUT2D eigenvalue weighted by molar-refractivity contribution is -0.310. The third-order valence-electron chi connectivity index (χ3n) is 13.4. The molecule has 4 N–H and O–H groups in total. The molecule has 41 heavy (non-hydrogen) atoms. The molecule has 1 aliphatic heterocycles. The molecule has 14 atom stereocenters. The lowest BCUT2D eigenvalue weighted by atomic mass is 9.46. The van der Waals surface area contributed by atoms with Crippen LogP contribution in [-0.2, 0) is 9.47 Å². The number of allylic oxidation sites excluding steroid dienone is 1. The molecule has 1 saturated heterocycles. The number of hydrogen-bond donors (Lipinski definition) is 4. The third kappa shape index (κ3) is 5.61. The van der Waals surface area contributed by atoms with Crippen LogP contribution >= 0.6 is 0 Å². The number of aliphatic hydroxyl groups excluding tert-OH is 4. The minimum absolute atomic E-state index is 0.0800. The second kappa shape index (κ2) is 12.5. The molecule has 6 heteroatoms. The molecule has 0 amide bonds. The predicted molar refractivity (Wildman–Crippen MR) is 161 cm³/mol. The molecule has 5 rings (SSSR count). The van der Waals surface area contributed by atoms with Crippen LogP contribution in [0.1, 0.15) is 112 Å². The topological polar surface area (TPSA) is 99.4 Å². The van der Waals surface area contributed by atoms with Gasteiger partial charge in [-0.25, -0.2) is 0 Å². The molecular weight excluding hydrogens is 516 g/mol. The van der Waals surface area contributed by atoms with Crippen molar-refractivity contribution in [1.29, 1.82) is 0 Å². The molecule has 4 aliphatic carbocycles. The highest BCUT2D eigenvalue weighted by atomic mass is 16.7. The Balaban J connectivity index is 1.30. The van der Waals surface area contributed by atoms with Crippen molar-refractivity contribution in [2.45, 2.75) is 149 Å². The van der Waals surface area contributed by atoms with Gasteiger partial charge in [0.15, 0.2) is 6.29 Å². The van der Waals surface area contributed by atoms with E-state index in [1.54, 1.807) is 0 Å². The first-order valence-corrected chi connectivity index (χ1v) is 17.1. The first-order chi connectivity index (χ1) is 19.5. The van der Waals surface area contributed by atoms with Crippen molar-refractivity contribution >= 4 is 0 Å². The van der Waals surface area contributed by atoms with Crippen LogP contribution in [-0.4, -0.2) is 63.8 Å². The largest absolute Gasteiger partial charge is 0.394 e. The smallest absolute Gasteiger partial charge is 0.187 e. The minimum atomic E-state index is -1.41. The maximum atomic E-state index is 10.6. The number of hydrogen-bond acceptors (Lipinski definition) is 6. The van der Waals surface area contributed by atoms with Gasteiger partial charge in [-0.05, 0) is 116 Å². The number of aliphatic hydroxyl groups is 4. The van der Waals surface area contributed by atoms with E-state index in [4.69, 9.17) is 9.47 Å². The number of rotatable bonds is 9. The Morgan fingerprint density at radius 1 is 0.951 bits per heavy atom. The van der Waals surface area contributed by atoms with Gasteiger partial charge in [-0.15, -0.1) is 0 Å². The summed E-state index contributed by atoms with van der Waals surface area (Å²) in [6.07, 6.45) is 9.81. The maximum absolute atomic E-state index is 10.6. The second-order valence-electron chi connectivity index (χ2n) is 15.6. The molecular formula is C35H60O6. The van der Waals surface area contributed by atoms with E-state index in [2.05, 4.69) is 47.6 Å². The van der Waals surface area contributed by atoms with E-state index in [1.807, 2.05) is 0 Å². The second-order valence-corrected chi connectivity index (χ2v) is 15.6. The maximum Gasteiger partial charge on any atom is 0.187 e. The quantitative estimate of drug-likeness (QED) is 0.257. The highest BCUT2D eigenvalue weighted by Crippen LogP contribution is 2.67. The molecule has 0 unspecified atom stereocenters. The van der Waals surface area contributed by atoms with Crippen molar-refractivity contribution in [3.8, 4) is 0 Å². The molecule has 1 heterocycles. The Labute approximate surface area is 249 Å². The Hall–Kier alpha value is -0.500. The Bertz CT molecular complexity index is 918. The van der Waals surface area contributed by atoms with Gasteiger partial charge in [0.25, 0.3) is 0 Å². The predicted octanol–water partition coefficient (Wildman–Crippen LogP) is 5.85. The van der Waals surface area contributed by atoms with Crippen LogP contribution in [0, 0.1) is 52.3 Å². The van der Waals surface area contributed by atoms with Crippen LogP contribution < -0.4 is 0 Å². The summed E-state index contributed by atoms with van der Waals surface area (Å²) in [7, 11) is 0. The molecule has 6 nitrogen and oxygen atoms in total. The average molecular weight is 577 g/mol. The van der Waals surface area contributed by atoms with Crippen LogP contribution in [0.2, 0.25) is 0 Å². The molecule has 0 aromatic heterocycles. The van der Waals surface area contributed by atoms with E-state index in [0.717, 1.165) is 54.8 Å². The molecule has 0 aromatic rings. The molecule has 3 saturated carbocycles. The molecule has 0 bridgehead atoms. The number of fused-ring (bicyclic) bond motifs is 5. The van der Waals surface area contributed by atoms with Crippen LogP contribution in [0.4, 0.5) is 0 Å². The zero-order valence-electron chi connectivity index (χ0n) is 26.7. The van der Waals surface area contributed by atoms with Crippen molar-refractivity contribution in [3.05, 3.63) is 11.6 Å². The van der Waals surface area contributed by atoms with Crippen LogP contribution in [0.5, 0.6) is 0 Å². The third-order valence-corrected chi connectivity index (χ3v) is 13.4. The van der Waals surface area contributed by atoms with E-state index in [1.165, 1.54) is 56.9 Å². The normalized spacial score (nSPS) is 47.7. The zero-order valence-corrected chi connectivity index (χ0v) is 26.7. The van der Waals surface area contributed by atoms with Gasteiger partial charge in [0.2, 0.25) is 0 Å². The summed E-state index contributed by atoms with van der Waals surface area (Å²) in [5.74, 6) is 5.44. The van der Waals surface area contributed by atoms with Gasteiger partial charge in [0.1, 0.15) is 24.4 Å². The highest BCUT2D eigenvalue weighted by Gasteiger charge is 2.60. The molecule has 0 aromatic carbocycles. The highest BCUT2D eigenvalue weighted by molar-refractivity contribution is 5.28. The van der Waals surface area contributed by atoms with Crippen molar-refractivity contribution in [3.63, 3.8) is 0 Å². The van der Waals surface area contributed by atoms with Crippen molar-refractivity contribution < 1.29 is 29.9 Å². The summed E-state index contributed by atoms with van der Waals surface area (Å²) in [6, 6.07) is 0. The molecule has 5 aliphatic rings. The zero-order chi connectivity index (χ0) is 29.7. The Kier molecular flexibility index (Phi) is 9.71. The minimum Gasteiger partial charge on any atom is -0.394 e. The fourth-order valence-electron chi connectivity index (χ4n) is 10.9.